The highest BCUT2D eigenvalue weighted by atomic mass is 19.4. The number of hydrogen-bond donors (Lipinski definition) is 1. The van der Waals surface area contributed by atoms with E-state index in [1.807, 2.05) is 4.90 Å². The number of amides is 1. The van der Waals surface area contributed by atoms with E-state index in [9.17, 15) is 18.0 Å². The molecule has 2 aromatic rings. The van der Waals surface area contributed by atoms with Crippen LogP contribution >= 0.6 is 0 Å². The Labute approximate surface area is 160 Å². The monoisotopic (exact) mass is 395 g/mol. The number of nitrogens with one attached hydrogen (secondary N) is 1. The molecule has 2 aromatic heterocycles. The van der Waals surface area contributed by atoms with Gasteiger partial charge in [-0.05, 0) is 18.9 Å². The van der Waals surface area contributed by atoms with Gasteiger partial charge in [0.1, 0.15) is 5.82 Å². The summed E-state index contributed by atoms with van der Waals surface area (Å²) in [7, 11) is 0. The predicted octanol–water partition coefficient (Wildman–Crippen LogP) is 2.35. The van der Waals surface area contributed by atoms with E-state index in [4.69, 9.17) is 4.74 Å². The summed E-state index contributed by atoms with van der Waals surface area (Å²) in [5.74, 6) is 0.172. The van der Waals surface area contributed by atoms with Gasteiger partial charge in [-0.3, -0.25) is 9.78 Å². The molecule has 3 heterocycles. The first-order valence-electron chi connectivity index (χ1n) is 8.84. The van der Waals surface area contributed by atoms with Gasteiger partial charge in [-0.25, -0.2) is 9.97 Å². The predicted molar refractivity (Wildman–Crippen MR) is 94.6 cm³/mol. The third-order valence-corrected chi connectivity index (χ3v) is 4.34. The molecular weight excluding hydrogens is 375 g/mol. The molecule has 0 radical (unpaired) electrons. The van der Waals surface area contributed by atoms with Crippen LogP contribution in [0.15, 0.2) is 36.9 Å². The van der Waals surface area contributed by atoms with Crippen molar-refractivity contribution in [1.82, 2.24) is 20.3 Å². The third kappa shape index (κ3) is 5.54. The zero-order valence-electron chi connectivity index (χ0n) is 15.0. The quantitative estimate of drug-likeness (QED) is 0.809. The standard InChI is InChI=1S/C18H20F3N5O2/c19-18(20,21)12-28-17-13(3-1-5-24-17)9-25-16(27)14-4-2-8-26(11-14)15-10-22-6-7-23-15/h1,3,5-7,10,14H,2,4,8-9,11-12H2,(H,25,27). The number of halogens is 3. The van der Waals surface area contributed by atoms with E-state index in [-0.39, 0.29) is 24.2 Å². The van der Waals surface area contributed by atoms with Crippen LogP contribution in [0.1, 0.15) is 18.4 Å². The lowest BCUT2D eigenvalue weighted by atomic mass is 9.97. The summed E-state index contributed by atoms with van der Waals surface area (Å²) in [5, 5.41) is 2.78. The number of carbonyl (C=O) groups excluding carboxylic acids is 1. The second kappa shape index (κ2) is 8.85. The van der Waals surface area contributed by atoms with Crippen molar-refractivity contribution in [1.29, 1.82) is 0 Å². The summed E-state index contributed by atoms with van der Waals surface area (Å²) in [4.78, 5) is 26.7. The average molecular weight is 395 g/mol. The second-order valence-electron chi connectivity index (χ2n) is 6.44. The highest BCUT2D eigenvalue weighted by molar-refractivity contribution is 5.79. The highest BCUT2D eigenvalue weighted by Crippen LogP contribution is 2.22. The Kier molecular flexibility index (Phi) is 6.27. The van der Waals surface area contributed by atoms with E-state index in [2.05, 4.69) is 20.3 Å². The summed E-state index contributed by atoms with van der Waals surface area (Å²) in [5.41, 5.74) is 0.390. The minimum atomic E-state index is -4.45. The molecule has 1 aliphatic heterocycles. The Bertz CT molecular complexity index is 788. The minimum Gasteiger partial charge on any atom is -0.468 e. The van der Waals surface area contributed by atoms with Crippen LogP contribution in [-0.4, -0.2) is 46.7 Å². The van der Waals surface area contributed by atoms with Crippen LogP contribution < -0.4 is 15.0 Å². The van der Waals surface area contributed by atoms with Gasteiger partial charge in [0.2, 0.25) is 11.8 Å². The third-order valence-electron chi connectivity index (χ3n) is 4.34. The van der Waals surface area contributed by atoms with Crippen LogP contribution in [0.3, 0.4) is 0 Å². The summed E-state index contributed by atoms with van der Waals surface area (Å²) in [6.07, 6.45) is 3.30. The molecule has 0 saturated carbocycles. The van der Waals surface area contributed by atoms with Crippen molar-refractivity contribution < 1.29 is 22.7 Å². The zero-order chi connectivity index (χ0) is 20.0. The number of carbonyl (C=O) groups is 1. The van der Waals surface area contributed by atoms with Crippen molar-refractivity contribution in [2.24, 2.45) is 5.92 Å². The topological polar surface area (TPSA) is 80.2 Å². The molecule has 1 saturated heterocycles. The van der Waals surface area contributed by atoms with Crippen molar-refractivity contribution in [2.75, 3.05) is 24.6 Å². The minimum absolute atomic E-state index is 0.0432. The number of pyridine rings is 1. The molecule has 0 aromatic carbocycles. The highest BCUT2D eigenvalue weighted by Gasteiger charge is 2.29. The molecule has 28 heavy (non-hydrogen) atoms. The second-order valence-corrected chi connectivity index (χ2v) is 6.44. The van der Waals surface area contributed by atoms with Crippen LogP contribution in [-0.2, 0) is 11.3 Å². The van der Waals surface area contributed by atoms with Gasteiger partial charge in [-0.15, -0.1) is 0 Å². The van der Waals surface area contributed by atoms with E-state index in [1.54, 1.807) is 30.7 Å². The molecule has 1 fully saturated rings. The number of alkyl halides is 3. The number of hydrogen-bond acceptors (Lipinski definition) is 6. The van der Waals surface area contributed by atoms with Crippen LogP contribution in [0.4, 0.5) is 19.0 Å². The van der Waals surface area contributed by atoms with E-state index in [0.717, 1.165) is 25.2 Å². The Balaban J connectivity index is 1.57. The van der Waals surface area contributed by atoms with Crippen LogP contribution in [0, 0.1) is 5.92 Å². The van der Waals surface area contributed by atoms with Gasteiger partial charge in [0.15, 0.2) is 6.61 Å². The first-order valence-corrected chi connectivity index (χ1v) is 8.84. The fraction of sp³-hybridized carbons (Fsp3) is 0.444. The molecule has 0 bridgehead atoms. The fourth-order valence-electron chi connectivity index (χ4n) is 3.02. The largest absolute Gasteiger partial charge is 0.468 e. The maximum absolute atomic E-state index is 12.6. The van der Waals surface area contributed by atoms with Gasteiger partial charge >= 0.3 is 6.18 Å². The molecular formula is C18H20F3N5O2. The molecule has 1 N–H and O–H groups in total. The number of nitrogens with zero attached hydrogens (tertiary/aromatic N) is 4. The van der Waals surface area contributed by atoms with Crippen LogP contribution in [0.2, 0.25) is 0 Å². The molecule has 0 spiro atoms. The number of ether oxygens (including phenoxy) is 1. The van der Waals surface area contributed by atoms with Gasteiger partial charge < -0.3 is 15.0 Å². The SMILES string of the molecule is O=C(NCc1cccnc1OCC(F)(F)F)C1CCCN(c2cnccn2)C1. The van der Waals surface area contributed by atoms with E-state index in [0.29, 0.717) is 12.1 Å². The van der Waals surface area contributed by atoms with Crippen molar-refractivity contribution >= 4 is 11.7 Å². The molecule has 1 unspecified atom stereocenters. The Hall–Kier alpha value is -2.91. The first-order chi connectivity index (χ1) is 13.4. The van der Waals surface area contributed by atoms with Gasteiger partial charge in [-0.2, -0.15) is 13.2 Å². The van der Waals surface area contributed by atoms with E-state index < -0.39 is 12.8 Å². The van der Waals surface area contributed by atoms with Crippen molar-refractivity contribution in [2.45, 2.75) is 25.6 Å². The molecule has 1 aliphatic rings. The first kappa shape index (κ1) is 19.8. The number of rotatable bonds is 6. The van der Waals surface area contributed by atoms with Gasteiger partial charge in [0.25, 0.3) is 0 Å². The van der Waals surface area contributed by atoms with Crippen LogP contribution in [0.5, 0.6) is 5.88 Å². The maximum atomic E-state index is 12.6. The molecule has 3 rings (SSSR count). The summed E-state index contributed by atoms with van der Waals surface area (Å²) in [6.45, 7) is -0.0856. The van der Waals surface area contributed by atoms with Crippen molar-refractivity contribution in [3.05, 3.63) is 42.5 Å². The smallest absolute Gasteiger partial charge is 0.422 e. The number of anilines is 1. The molecule has 1 atom stereocenters. The fourth-order valence-corrected chi connectivity index (χ4v) is 3.02. The zero-order valence-corrected chi connectivity index (χ0v) is 15.0. The number of aromatic nitrogens is 3. The molecule has 150 valence electrons. The summed E-state index contributed by atoms with van der Waals surface area (Å²) in [6, 6.07) is 3.16. The number of piperidine rings is 1. The van der Waals surface area contributed by atoms with Gasteiger partial charge in [0, 0.05) is 43.8 Å². The van der Waals surface area contributed by atoms with Gasteiger partial charge in [-0.1, -0.05) is 6.07 Å². The van der Waals surface area contributed by atoms with Crippen LogP contribution in [0.25, 0.3) is 0 Å². The van der Waals surface area contributed by atoms with E-state index in [1.165, 1.54) is 6.20 Å². The summed E-state index contributed by atoms with van der Waals surface area (Å²) < 4.78 is 41.9. The Morgan fingerprint density at radius 1 is 1.29 bits per heavy atom. The molecule has 10 heteroatoms. The summed E-state index contributed by atoms with van der Waals surface area (Å²) >= 11 is 0. The maximum Gasteiger partial charge on any atom is 0.422 e. The van der Waals surface area contributed by atoms with Crippen molar-refractivity contribution in [3.8, 4) is 5.88 Å². The van der Waals surface area contributed by atoms with E-state index >= 15 is 0 Å². The molecule has 0 aliphatic carbocycles. The average Bonchev–Trinajstić information content (AvgIpc) is 2.71. The van der Waals surface area contributed by atoms with Crippen molar-refractivity contribution in [3.63, 3.8) is 0 Å². The lowest BCUT2D eigenvalue weighted by Crippen LogP contribution is -2.43. The molecule has 7 nitrogen and oxygen atoms in total. The molecule has 1 amide bonds. The Morgan fingerprint density at radius 3 is 2.89 bits per heavy atom. The Morgan fingerprint density at radius 2 is 2.14 bits per heavy atom. The normalized spacial score (nSPS) is 17.2. The lowest BCUT2D eigenvalue weighted by Gasteiger charge is -2.32. The lowest BCUT2D eigenvalue weighted by molar-refractivity contribution is -0.154. The van der Waals surface area contributed by atoms with Gasteiger partial charge in [0.05, 0.1) is 12.1 Å².